The molecule has 5 rings (SSSR count). The van der Waals surface area contributed by atoms with Crippen molar-refractivity contribution >= 4 is 34.5 Å². The summed E-state index contributed by atoms with van der Waals surface area (Å²) >= 11 is 1.55. The largest absolute Gasteiger partial charge is 0.480 e. The minimum atomic E-state index is -0.966. The van der Waals surface area contributed by atoms with E-state index >= 15 is 4.39 Å². The van der Waals surface area contributed by atoms with Crippen LogP contribution >= 0.6 is 11.8 Å². The van der Waals surface area contributed by atoms with Crippen LogP contribution in [0.2, 0.25) is 0 Å². The summed E-state index contributed by atoms with van der Waals surface area (Å²) in [6.45, 7) is 0.796. The smallest absolute Gasteiger partial charge is 0.275 e. The fraction of sp³-hybridized carbons (Fsp3) is 0.304. The first-order chi connectivity index (χ1) is 17.4. The number of anilines is 2. The maximum atomic E-state index is 15.4. The highest BCUT2D eigenvalue weighted by atomic mass is 32.2. The van der Waals surface area contributed by atoms with Gasteiger partial charge in [0, 0.05) is 36.5 Å². The Labute approximate surface area is 209 Å². The highest BCUT2D eigenvalue weighted by molar-refractivity contribution is 8.13. The number of methoxy groups -OCH3 is 1. The van der Waals surface area contributed by atoms with Crippen LogP contribution < -0.4 is 20.3 Å². The monoisotopic (exact) mass is 512 g/mol. The van der Waals surface area contributed by atoms with E-state index in [-0.39, 0.29) is 24.0 Å². The second-order valence-corrected chi connectivity index (χ2v) is 9.28. The molecule has 2 aliphatic rings. The molecule has 0 radical (unpaired) electrons. The second-order valence-electron chi connectivity index (χ2n) is 8.27. The molecule has 1 fully saturated rings. The molecule has 0 spiro atoms. The van der Waals surface area contributed by atoms with Crippen molar-refractivity contribution in [2.75, 3.05) is 43.2 Å². The maximum absolute atomic E-state index is 15.4. The topological polar surface area (TPSA) is 118 Å². The number of hydrogen-bond donors (Lipinski definition) is 2. The predicted molar refractivity (Wildman–Crippen MR) is 131 cm³/mol. The van der Waals surface area contributed by atoms with Gasteiger partial charge in [0.25, 0.3) is 5.91 Å². The Morgan fingerprint density at radius 1 is 1.17 bits per heavy atom. The van der Waals surface area contributed by atoms with Crippen molar-refractivity contribution in [3.63, 3.8) is 0 Å². The Morgan fingerprint density at radius 2 is 1.97 bits per heavy atom. The molecule has 13 heteroatoms. The summed E-state index contributed by atoms with van der Waals surface area (Å²) in [5.41, 5.74) is -0.156. The molecule has 1 aromatic carbocycles. The van der Waals surface area contributed by atoms with Gasteiger partial charge in [0.05, 0.1) is 38.4 Å². The van der Waals surface area contributed by atoms with Gasteiger partial charge < -0.3 is 20.3 Å². The van der Waals surface area contributed by atoms with Crippen molar-refractivity contribution in [3.8, 4) is 5.88 Å². The number of carbonyl (C=O) groups excluding carboxylic acids is 1. The molecule has 10 nitrogen and oxygen atoms in total. The lowest BCUT2D eigenvalue weighted by molar-refractivity contribution is 0.102. The summed E-state index contributed by atoms with van der Waals surface area (Å²) in [7, 11) is 3.22. The highest BCUT2D eigenvalue weighted by Crippen LogP contribution is 2.47. The van der Waals surface area contributed by atoms with Crippen LogP contribution in [0.15, 0.2) is 48.0 Å². The number of benzene rings is 1. The van der Waals surface area contributed by atoms with Crippen LogP contribution in [0.4, 0.5) is 20.4 Å². The standard InChI is InChI=1S/C23H22F2N8O2S/c1-26-22-32-23(12-33(10-13(23)11-36-22)21-29-6-14(24)7-30-21)16-5-15(3-4-17(16)25)31-20(34)18-8-28-19(35-2)9-27-18/h3-9,13H,10-12H2,1-2H3,(H,26,32)(H,31,34). The molecule has 4 heterocycles. The first kappa shape index (κ1) is 23.9. The molecule has 2 N–H and O–H groups in total. The lowest BCUT2D eigenvalue weighted by Gasteiger charge is -2.35. The lowest BCUT2D eigenvalue weighted by Crippen LogP contribution is -2.41. The molecule has 2 unspecified atom stereocenters. The zero-order valence-corrected chi connectivity index (χ0v) is 20.2. The molecule has 1 amide bonds. The van der Waals surface area contributed by atoms with Crippen molar-refractivity contribution in [2.24, 2.45) is 10.9 Å². The molecule has 36 heavy (non-hydrogen) atoms. The van der Waals surface area contributed by atoms with Crippen LogP contribution in [0.3, 0.4) is 0 Å². The van der Waals surface area contributed by atoms with Gasteiger partial charge in [-0.15, -0.1) is 0 Å². The Bertz CT molecular complexity index is 1310. The summed E-state index contributed by atoms with van der Waals surface area (Å²) in [6.07, 6.45) is 4.85. The van der Waals surface area contributed by atoms with E-state index in [0.717, 1.165) is 12.4 Å². The predicted octanol–water partition coefficient (Wildman–Crippen LogP) is 2.46. The van der Waals surface area contributed by atoms with E-state index in [1.807, 2.05) is 4.90 Å². The number of nitrogens with zero attached hydrogens (tertiary/aromatic N) is 6. The van der Waals surface area contributed by atoms with E-state index in [1.54, 1.807) is 24.9 Å². The number of nitrogens with one attached hydrogen (secondary N) is 2. The number of thioether (sulfide) groups is 1. The van der Waals surface area contributed by atoms with Gasteiger partial charge in [-0.25, -0.2) is 33.7 Å². The van der Waals surface area contributed by atoms with Gasteiger partial charge in [-0.05, 0) is 18.2 Å². The molecule has 3 aromatic rings. The van der Waals surface area contributed by atoms with Gasteiger partial charge >= 0.3 is 0 Å². The number of halogens is 2. The van der Waals surface area contributed by atoms with Crippen molar-refractivity contribution in [3.05, 3.63) is 65.9 Å². The number of aromatic nitrogens is 4. The van der Waals surface area contributed by atoms with Gasteiger partial charge in [0.1, 0.15) is 17.1 Å². The third-order valence-corrected chi connectivity index (χ3v) is 7.27. The molecule has 186 valence electrons. The van der Waals surface area contributed by atoms with Crippen LogP contribution in [0, 0.1) is 17.6 Å². The van der Waals surface area contributed by atoms with E-state index in [9.17, 15) is 9.18 Å². The third-order valence-electron chi connectivity index (χ3n) is 6.13. The van der Waals surface area contributed by atoms with E-state index in [1.165, 1.54) is 31.6 Å². The summed E-state index contributed by atoms with van der Waals surface area (Å²) < 4.78 is 33.8. The fourth-order valence-corrected chi connectivity index (χ4v) is 5.51. The second kappa shape index (κ2) is 9.64. The average molecular weight is 513 g/mol. The molecule has 0 bridgehead atoms. The summed E-state index contributed by atoms with van der Waals surface area (Å²) in [6, 6.07) is 4.39. The molecule has 2 atom stereocenters. The van der Waals surface area contributed by atoms with Crippen LogP contribution in [-0.2, 0) is 5.54 Å². The van der Waals surface area contributed by atoms with E-state index in [0.29, 0.717) is 34.7 Å². The molecule has 2 aromatic heterocycles. The average Bonchev–Trinajstić information content (AvgIpc) is 3.30. The SMILES string of the molecule is CNC1=NC2(c3cc(NC(=O)c4cnc(OC)cn4)ccc3F)CN(c3ncc(F)cn3)CC2CS1. The van der Waals surface area contributed by atoms with Crippen molar-refractivity contribution in [1.29, 1.82) is 0 Å². The minimum Gasteiger partial charge on any atom is -0.480 e. The minimum absolute atomic E-state index is 0.0823. The first-order valence-electron chi connectivity index (χ1n) is 11.0. The quantitative estimate of drug-likeness (QED) is 0.532. The molecule has 0 aliphatic carbocycles. The number of fused-ring (bicyclic) bond motifs is 1. The maximum Gasteiger partial charge on any atom is 0.275 e. The summed E-state index contributed by atoms with van der Waals surface area (Å²) in [4.78, 5) is 35.8. The number of aliphatic imine (C=N–C) groups is 1. The first-order valence-corrected chi connectivity index (χ1v) is 12.0. The third kappa shape index (κ3) is 4.41. The Kier molecular flexibility index (Phi) is 6.39. The van der Waals surface area contributed by atoms with Crippen LogP contribution in [0.1, 0.15) is 16.1 Å². The molecular weight excluding hydrogens is 490 g/mol. The van der Waals surface area contributed by atoms with E-state index in [4.69, 9.17) is 9.73 Å². The van der Waals surface area contributed by atoms with Crippen molar-refractivity contribution < 1.29 is 18.3 Å². The van der Waals surface area contributed by atoms with Crippen LogP contribution in [0.5, 0.6) is 5.88 Å². The zero-order chi connectivity index (χ0) is 25.3. The summed E-state index contributed by atoms with van der Waals surface area (Å²) in [5.74, 6) is -0.259. The van der Waals surface area contributed by atoms with Crippen LogP contribution in [0.25, 0.3) is 0 Å². The number of ether oxygens (including phenoxy) is 1. The van der Waals surface area contributed by atoms with Gasteiger partial charge in [-0.2, -0.15) is 0 Å². The number of carbonyl (C=O) groups is 1. The van der Waals surface area contributed by atoms with Gasteiger partial charge in [0.15, 0.2) is 11.0 Å². The molecule has 0 saturated carbocycles. The molecule has 2 aliphatic heterocycles. The van der Waals surface area contributed by atoms with E-state index in [2.05, 4.69) is 30.6 Å². The molecular formula is C23H22F2N8O2S. The lowest BCUT2D eigenvalue weighted by atomic mass is 9.81. The van der Waals surface area contributed by atoms with Gasteiger partial charge in [-0.1, -0.05) is 11.8 Å². The highest BCUT2D eigenvalue weighted by Gasteiger charge is 2.52. The number of rotatable bonds is 5. The summed E-state index contributed by atoms with van der Waals surface area (Å²) in [5, 5.41) is 6.50. The number of amidine groups is 1. The Hall–Kier alpha value is -3.87. The number of amides is 1. The number of hydrogen-bond acceptors (Lipinski definition) is 10. The van der Waals surface area contributed by atoms with E-state index < -0.39 is 23.1 Å². The zero-order valence-electron chi connectivity index (χ0n) is 19.4. The fourth-order valence-electron chi connectivity index (χ4n) is 4.40. The van der Waals surface area contributed by atoms with Gasteiger partial charge in [0.2, 0.25) is 11.8 Å². The molecule has 1 saturated heterocycles. The normalized spacial score (nSPS) is 20.9. The van der Waals surface area contributed by atoms with Gasteiger partial charge in [-0.3, -0.25) is 4.79 Å². The van der Waals surface area contributed by atoms with Crippen molar-refractivity contribution in [1.82, 2.24) is 25.3 Å². The Morgan fingerprint density at radius 3 is 2.67 bits per heavy atom. The van der Waals surface area contributed by atoms with Crippen molar-refractivity contribution in [2.45, 2.75) is 5.54 Å². The Balaban J connectivity index is 1.49. The van der Waals surface area contributed by atoms with Crippen LogP contribution in [-0.4, -0.2) is 64.0 Å².